The Labute approximate surface area is 184 Å². The van der Waals surface area contributed by atoms with Crippen LogP contribution in [-0.4, -0.2) is 54.3 Å². The highest BCUT2D eigenvalue weighted by molar-refractivity contribution is 5.98. The van der Waals surface area contributed by atoms with E-state index in [-0.39, 0.29) is 23.7 Å². The lowest BCUT2D eigenvalue weighted by Crippen LogP contribution is -2.49. The molecule has 1 saturated heterocycles. The molecule has 0 bridgehead atoms. The van der Waals surface area contributed by atoms with Crippen LogP contribution in [-0.2, 0) is 10.3 Å². The first-order valence-corrected chi connectivity index (χ1v) is 11.5. The van der Waals surface area contributed by atoms with Gasteiger partial charge in [0.15, 0.2) is 0 Å². The van der Waals surface area contributed by atoms with Crippen LogP contribution in [0.5, 0.6) is 0 Å². The number of benzene rings is 1. The number of amides is 2. The van der Waals surface area contributed by atoms with E-state index in [4.69, 9.17) is 0 Å². The fourth-order valence-electron chi connectivity index (χ4n) is 4.46. The highest BCUT2D eigenvalue weighted by Gasteiger charge is 2.40. The highest BCUT2D eigenvalue weighted by atomic mass is 16.2. The van der Waals surface area contributed by atoms with E-state index in [1.807, 2.05) is 29.2 Å². The zero-order chi connectivity index (χ0) is 22.0. The van der Waals surface area contributed by atoms with Crippen molar-refractivity contribution in [2.45, 2.75) is 45.6 Å². The maximum atomic E-state index is 13.6. The van der Waals surface area contributed by atoms with E-state index in [1.165, 1.54) is 0 Å². The van der Waals surface area contributed by atoms with Crippen LogP contribution in [0, 0.1) is 11.8 Å². The minimum absolute atomic E-state index is 0.0294. The summed E-state index contributed by atoms with van der Waals surface area (Å²) >= 11 is 0. The monoisotopic (exact) mass is 423 g/mol. The standard InChI is InChI=1S/C24H33N5O2/c1-4-11-28-12-14-29(15-13-28)23(31)20-8-7-19(26-22(30)18-5-6-18)16-21(20)24(17(2)3)9-10-25-27-24/h7-10,16-18H,4-6,11-15H2,1-3H3,(H,26,30). The van der Waals surface area contributed by atoms with Gasteiger partial charge in [0.1, 0.15) is 5.54 Å². The van der Waals surface area contributed by atoms with E-state index in [0.717, 1.165) is 57.5 Å². The molecule has 0 spiro atoms. The SMILES string of the molecule is CCCN1CCN(C(=O)c2ccc(NC(=O)C3CC3)cc2C2(C(C)C)C=CN=N2)CC1. The van der Waals surface area contributed by atoms with Gasteiger partial charge in [0.2, 0.25) is 5.91 Å². The van der Waals surface area contributed by atoms with E-state index < -0.39 is 5.54 Å². The number of piperazine rings is 1. The summed E-state index contributed by atoms with van der Waals surface area (Å²) in [6.07, 6.45) is 6.70. The Morgan fingerprint density at radius 1 is 1.19 bits per heavy atom. The van der Waals surface area contributed by atoms with E-state index in [9.17, 15) is 9.59 Å². The number of rotatable bonds is 7. The van der Waals surface area contributed by atoms with Gasteiger partial charge in [-0.05, 0) is 56.0 Å². The number of azo groups is 1. The first-order chi connectivity index (χ1) is 14.9. The summed E-state index contributed by atoms with van der Waals surface area (Å²) in [7, 11) is 0. The second kappa shape index (κ2) is 8.91. The van der Waals surface area contributed by atoms with E-state index in [1.54, 1.807) is 6.20 Å². The fraction of sp³-hybridized carbons (Fsp3) is 0.583. The van der Waals surface area contributed by atoms with Crippen molar-refractivity contribution in [1.29, 1.82) is 0 Å². The number of nitrogens with one attached hydrogen (secondary N) is 1. The predicted molar refractivity (Wildman–Crippen MR) is 121 cm³/mol. The molecule has 1 N–H and O–H groups in total. The molecule has 0 aromatic heterocycles. The third-order valence-electron chi connectivity index (χ3n) is 6.60. The molecule has 1 unspecified atom stereocenters. The Bertz CT molecular complexity index is 883. The minimum Gasteiger partial charge on any atom is -0.336 e. The van der Waals surface area contributed by atoms with Gasteiger partial charge in [-0.1, -0.05) is 20.8 Å². The maximum Gasteiger partial charge on any atom is 0.254 e. The van der Waals surface area contributed by atoms with Gasteiger partial charge in [-0.15, -0.1) is 0 Å². The minimum atomic E-state index is -0.699. The summed E-state index contributed by atoms with van der Waals surface area (Å²) < 4.78 is 0. The van der Waals surface area contributed by atoms with E-state index in [2.05, 4.69) is 41.2 Å². The Balaban J connectivity index is 1.65. The van der Waals surface area contributed by atoms with Crippen molar-refractivity contribution in [1.82, 2.24) is 9.80 Å². The maximum absolute atomic E-state index is 13.6. The number of hydrogen-bond donors (Lipinski definition) is 1. The first kappa shape index (κ1) is 21.7. The van der Waals surface area contributed by atoms with Crippen LogP contribution >= 0.6 is 0 Å². The summed E-state index contributed by atoms with van der Waals surface area (Å²) in [5, 5.41) is 11.7. The van der Waals surface area contributed by atoms with Crippen LogP contribution in [0.25, 0.3) is 0 Å². The topological polar surface area (TPSA) is 77.4 Å². The van der Waals surface area contributed by atoms with Crippen molar-refractivity contribution >= 4 is 17.5 Å². The smallest absolute Gasteiger partial charge is 0.254 e. The van der Waals surface area contributed by atoms with Gasteiger partial charge in [-0.2, -0.15) is 10.2 Å². The molecule has 1 aromatic carbocycles. The molecule has 2 aliphatic heterocycles. The molecular formula is C24H33N5O2. The third kappa shape index (κ3) is 4.42. The zero-order valence-electron chi connectivity index (χ0n) is 18.8. The summed E-state index contributed by atoms with van der Waals surface area (Å²) in [6.45, 7) is 10.7. The largest absolute Gasteiger partial charge is 0.336 e. The van der Waals surface area contributed by atoms with Gasteiger partial charge in [0.25, 0.3) is 5.91 Å². The molecule has 31 heavy (non-hydrogen) atoms. The quantitative estimate of drug-likeness (QED) is 0.719. The van der Waals surface area contributed by atoms with Gasteiger partial charge in [0, 0.05) is 55.1 Å². The van der Waals surface area contributed by atoms with Crippen molar-refractivity contribution in [2.75, 3.05) is 38.0 Å². The molecule has 3 aliphatic rings. The molecule has 2 amide bonds. The van der Waals surface area contributed by atoms with Crippen molar-refractivity contribution in [3.63, 3.8) is 0 Å². The van der Waals surface area contributed by atoms with Crippen LogP contribution in [0.1, 0.15) is 56.0 Å². The van der Waals surface area contributed by atoms with Crippen molar-refractivity contribution in [3.8, 4) is 0 Å². The molecule has 0 radical (unpaired) electrons. The number of carbonyl (C=O) groups is 2. The Hall–Kier alpha value is -2.54. The van der Waals surface area contributed by atoms with Crippen LogP contribution < -0.4 is 5.32 Å². The lowest BCUT2D eigenvalue weighted by molar-refractivity contribution is -0.117. The average molecular weight is 424 g/mol. The van der Waals surface area contributed by atoms with Gasteiger partial charge in [-0.25, -0.2) is 0 Å². The zero-order valence-corrected chi connectivity index (χ0v) is 18.8. The van der Waals surface area contributed by atoms with Gasteiger partial charge in [-0.3, -0.25) is 14.5 Å². The lowest BCUT2D eigenvalue weighted by atomic mass is 9.78. The van der Waals surface area contributed by atoms with E-state index in [0.29, 0.717) is 11.3 Å². The van der Waals surface area contributed by atoms with Crippen LogP contribution in [0.15, 0.2) is 40.7 Å². The van der Waals surface area contributed by atoms with Gasteiger partial charge >= 0.3 is 0 Å². The molecular weight excluding hydrogens is 390 g/mol. The number of anilines is 1. The molecule has 166 valence electrons. The molecule has 1 aromatic rings. The number of hydrogen-bond acceptors (Lipinski definition) is 5. The molecule has 2 heterocycles. The molecule has 1 saturated carbocycles. The Kier molecular flexibility index (Phi) is 6.23. The van der Waals surface area contributed by atoms with Crippen LogP contribution in [0.2, 0.25) is 0 Å². The fourth-order valence-corrected chi connectivity index (χ4v) is 4.46. The van der Waals surface area contributed by atoms with Crippen LogP contribution in [0.4, 0.5) is 5.69 Å². The summed E-state index contributed by atoms with van der Waals surface area (Å²) in [5.41, 5.74) is 1.48. The van der Waals surface area contributed by atoms with Crippen molar-refractivity contribution in [3.05, 3.63) is 41.6 Å². The van der Waals surface area contributed by atoms with Gasteiger partial charge in [0.05, 0.1) is 0 Å². The van der Waals surface area contributed by atoms with Gasteiger partial charge < -0.3 is 10.2 Å². The van der Waals surface area contributed by atoms with Crippen LogP contribution in [0.3, 0.4) is 0 Å². The Morgan fingerprint density at radius 3 is 2.52 bits per heavy atom. The Morgan fingerprint density at radius 2 is 1.94 bits per heavy atom. The second-order valence-electron chi connectivity index (χ2n) is 9.17. The summed E-state index contributed by atoms with van der Waals surface area (Å²) in [6, 6.07) is 5.62. The summed E-state index contributed by atoms with van der Waals surface area (Å²) in [4.78, 5) is 30.3. The normalized spacial score (nSPS) is 23.5. The predicted octanol–water partition coefficient (Wildman–Crippen LogP) is 4.03. The first-order valence-electron chi connectivity index (χ1n) is 11.5. The molecule has 2 fully saturated rings. The molecule has 4 rings (SSSR count). The molecule has 1 aliphatic carbocycles. The summed E-state index contributed by atoms with van der Waals surface area (Å²) in [5.74, 6) is 0.313. The lowest BCUT2D eigenvalue weighted by Gasteiger charge is -2.36. The number of nitrogens with zero attached hydrogens (tertiary/aromatic N) is 4. The van der Waals surface area contributed by atoms with Crippen molar-refractivity contribution < 1.29 is 9.59 Å². The average Bonchev–Trinajstić information content (AvgIpc) is 3.50. The third-order valence-corrected chi connectivity index (χ3v) is 6.60. The molecule has 1 atom stereocenters. The molecule has 7 heteroatoms. The van der Waals surface area contributed by atoms with E-state index >= 15 is 0 Å². The second-order valence-corrected chi connectivity index (χ2v) is 9.17. The highest BCUT2D eigenvalue weighted by Crippen LogP contribution is 2.42. The molecule has 7 nitrogen and oxygen atoms in total. The van der Waals surface area contributed by atoms with Crippen molar-refractivity contribution in [2.24, 2.45) is 22.1 Å². The number of carbonyl (C=O) groups excluding carboxylic acids is 2.